The van der Waals surface area contributed by atoms with Crippen molar-refractivity contribution >= 4 is 17.0 Å². The van der Waals surface area contributed by atoms with Gasteiger partial charge in [-0.15, -0.1) is 0 Å². The van der Waals surface area contributed by atoms with Gasteiger partial charge in [-0.25, -0.2) is 0 Å². The second-order valence-corrected chi connectivity index (χ2v) is 5.10. The SMILES string of the molecule is c1cc(CNc2ccc3c(c2)CCC3)cs1. The van der Waals surface area contributed by atoms with Crippen LogP contribution in [0.2, 0.25) is 0 Å². The minimum absolute atomic E-state index is 0.933. The fourth-order valence-corrected chi connectivity index (χ4v) is 2.95. The van der Waals surface area contributed by atoms with E-state index in [-0.39, 0.29) is 0 Å². The molecule has 1 aromatic carbocycles. The van der Waals surface area contributed by atoms with Crippen molar-refractivity contribution in [2.45, 2.75) is 25.8 Å². The summed E-state index contributed by atoms with van der Waals surface area (Å²) in [4.78, 5) is 0. The summed E-state index contributed by atoms with van der Waals surface area (Å²) in [6.45, 7) is 0.933. The van der Waals surface area contributed by atoms with Gasteiger partial charge < -0.3 is 5.32 Å². The number of hydrogen-bond donors (Lipinski definition) is 1. The summed E-state index contributed by atoms with van der Waals surface area (Å²) in [5.74, 6) is 0. The summed E-state index contributed by atoms with van der Waals surface area (Å²) >= 11 is 1.75. The minimum atomic E-state index is 0.933. The number of anilines is 1. The van der Waals surface area contributed by atoms with Crippen LogP contribution in [0.25, 0.3) is 0 Å². The van der Waals surface area contributed by atoms with Crippen LogP contribution in [-0.2, 0) is 19.4 Å². The predicted molar refractivity (Wildman–Crippen MR) is 70.1 cm³/mol. The fraction of sp³-hybridized carbons (Fsp3) is 0.286. The molecule has 0 saturated carbocycles. The lowest BCUT2D eigenvalue weighted by Crippen LogP contribution is -1.98. The molecule has 0 spiro atoms. The van der Waals surface area contributed by atoms with Crippen LogP contribution in [0.15, 0.2) is 35.0 Å². The Hall–Kier alpha value is -1.28. The van der Waals surface area contributed by atoms with E-state index in [1.807, 2.05) is 0 Å². The molecule has 0 saturated heterocycles. The van der Waals surface area contributed by atoms with E-state index in [4.69, 9.17) is 0 Å². The highest BCUT2D eigenvalue weighted by molar-refractivity contribution is 7.07. The summed E-state index contributed by atoms with van der Waals surface area (Å²) in [6.07, 6.45) is 3.84. The van der Waals surface area contributed by atoms with E-state index in [0.717, 1.165) is 6.54 Å². The molecule has 0 unspecified atom stereocenters. The molecule has 0 bridgehead atoms. The Morgan fingerprint density at radius 2 is 2.06 bits per heavy atom. The lowest BCUT2D eigenvalue weighted by atomic mass is 10.1. The fourth-order valence-electron chi connectivity index (χ4n) is 2.28. The third-order valence-electron chi connectivity index (χ3n) is 3.18. The van der Waals surface area contributed by atoms with Gasteiger partial charge >= 0.3 is 0 Å². The molecule has 0 radical (unpaired) electrons. The van der Waals surface area contributed by atoms with Crippen molar-refractivity contribution in [3.8, 4) is 0 Å². The molecule has 0 atom stereocenters. The average molecular weight is 229 g/mol. The highest BCUT2D eigenvalue weighted by Gasteiger charge is 2.10. The summed E-state index contributed by atoms with van der Waals surface area (Å²) in [7, 11) is 0. The maximum Gasteiger partial charge on any atom is 0.0409 e. The van der Waals surface area contributed by atoms with E-state index < -0.39 is 0 Å². The molecule has 1 aliphatic rings. The van der Waals surface area contributed by atoms with Crippen LogP contribution in [0.1, 0.15) is 23.1 Å². The van der Waals surface area contributed by atoms with Crippen LogP contribution in [0, 0.1) is 0 Å². The Balaban J connectivity index is 1.71. The second kappa shape index (κ2) is 4.30. The molecule has 3 rings (SSSR count). The highest BCUT2D eigenvalue weighted by Crippen LogP contribution is 2.25. The molecule has 1 nitrogen and oxygen atoms in total. The Kier molecular flexibility index (Phi) is 2.66. The largest absolute Gasteiger partial charge is 0.381 e. The van der Waals surface area contributed by atoms with Crippen molar-refractivity contribution < 1.29 is 0 Å². The van der Waals surface area contributed by atoms with E-state index >= 15 is 0 Å². The predicted octanol–water partition coefficient (Wildman–Crippen LogP) is 3.85. The van der Waals surface area contributed by atoms with E-state index in [2.05, 4.69) is 40.3 Å². The van der Waals surface area contributed by atoms with E-state index in [9.17, 15) is 0 Å². The first-order valence-corrected chi connectivity index (χ1v) is 6.73. The molecule has 0 aliphatic heterocycles. The number of fused-ring (bicyclic) bond motifs is 1. The van der Waals surface area contributed by atoms with Gasteiger partial charge in [0.1, 0.15) is 0 Å². The van der Waals surface area contributed by atoms with Gasteiger partial charge in [-0.2, -0.15) is 11.3 Å². The van der Waals surface area contributed by atoms with E-state index in [0.29, 0.717) is 0 Å². The van der Waals surface area contributed by atoms with Gasteiger partial charge in [0.2, 0.25) is 0 Å². The smallest absolute Gasteiger partial charge is 0.0409 e. The standard InChI is InChI=1S/C14H15NS/c1-2-12-4-5-14(8-13(12)3-1)15-9-11-6-7-16-10-11/h4-8,10,15H,1-3,9H2. The zero-order valence-electron chi connectivity index (χ0n) is 9.20. The highest BCUT2D eigenvalue weighted by atomic mass is 32.1. The molecule has 1 aliphatic carbocycles. The topological polar surface area (TPSA) is 12.0 Å². The van der Waals surface area contributed by atoms with Gasteiger partial charge in [-0.05, 0) is 64.9 Å². The zero-order chi connectivity index (χ0) is 10.8. The first-order valence-electron chi connectivity index (χ1n) is 5.78. The quantitative estimate of drug-likeness (QED) is 0.843. The summed E-state index contributed by atoms with van der Waals surface area (Å²) in [6, 6.07) is 8.97. The molecular formula is C14H15NS. The van der Waals surface area contributed by atoms with Gasteiger partial charge in [0, 0.05) is 12.2 Å². The molecule has 0 amide bonds. The number of rotatable bonds is 3. The third-order valence-corrected chi connectivity index (χ3v) is 3.91. The first kappa shape index (κ1) is 9.91. The number of nitrogens with one attached hydrogen (secondary N) is 1. The third kappa shape index (κ3) is 1.98. The Labute approximate surface area is 100 Å². The van der Waals surface area contributed by atoms with Crippen LogP contribution < -0.4 is 5.32 Å². The second-order valence-electron chi connectivity index (χ2n) is 4.32. The van der Waals surface area contributed by atoms with Gasteiger partial charge in [0.05, 0.1) is 0 Å². The lowest BCUT2D eigenvalue weighted by Gasteiger charge is -2.07. The molecular weight excluding hydrogens is 214 g/mol. The molecule has 2 heteroatoms. The zero-order valence-corrected chi connectivity index (χ0v) is 10.0. The van der Waals surface area contributed by atoms with Crippen molar-refractivity contribution in [1.82, 2.24) is 0 Å². The van der Waals surface area contributed by atoms with Gasteiger partial charge in [0.15, 0.2) is 0 Å². The molecule has 1 heterocycles. The maximum absolute atomic E-state index is 3.48. The van der Waals surface area contributed by atoms with Crippen molar-refractivity contribution in [1.29, 1.82) is 0 Å². The van der Waals surface area contributed by atoms with Crippen LogP contribution in [-0.4, -0.2) is 0 Å². The molecule has 2 aromatic rings. The van der Waals surface area contributed by atoms with Crippen LogP contribution in [0.3, 0.4) is 0 Å². The average Bonchev–Trinajstić information content (AvgIpc) is 2.97. The van der Waals surface area contributed by atoms with Crippen molar-refractivity contribution in [3.63, 3.8) is 0 Å². The normalized spacial score (nSPS) is 13.8. The lowest BCUT2D eigenvalue weighted by molar-refractivity contribution is 0.912. The van der Waals surface area contributed by atoms with E-state index in [1.165, 1.54) is 36.1 Å². The number of aryl methyl sites for hydroxylation is 2. The number of benzene rings is 1. The van der Waals surface area contributed by atoms with E-state index in [1.54, 1.807) is 16.9 Å². The van der Waals surface area contributed by atoms with Crippen molar-refractivity contribution in [2.24, 2.45) is 0 Å². The van der Waals surface area contributed by atoms with Gasteiger partial charge in [-0.3, -0.25) is 0 Å². The van der Waals surface area contributed by atoms with Gasteiger partial charge in [0.25, 0.3) is 0 Å². The Morgan fingerprint density at radius 1 is 1.12 bits per heavy atom. The number of hydrogen-bond acceptors (Lipinski definition) is 2. The number of thiophene rings is 1. The monoisotopic (exact) mass is 229 g/mol. The molecule has 1 N–H and O–H groups in total. The van der Waals surface area contributed by atoms with Crippen molar-refractivity contribution in [3.05, 3.63) is 51.7 Å². The Morgan fingerprint density at radius 3 is 2.94 bits per heavy atom. The Bertz CT molecular complexity index is 473. The summed E-state index contributed by atoms with van der Waals surface area (Å²) in [5, 5.41) is 7.80. The van der Waals surface area contributed by atoms with Crippen LogP contribution >= 0.6 is 11.3 Å². The first-order chi connectivity index (χ1) is 7.92. The van der Waals surface area contributed by atoms with Crippen LogP contribution in [0.4, 0.5) is 5.69 Å². The molecule has 0 fully saturated rings. The van der Waals surface area contributed by atoms with Crippen molar-refractivity contribution in [2.75, 3.05) is 5.32 Å². The summed E-state index contributed by atoms with van der Waals surface area (Å²) < 4.78 is 0. The molecule has 16 heavy (non-hydrogen) atoms. The summed E-state index contributed by atoms with van der Waals surface area (Å²) in [5.41, 5.74) is 5.70. The molecule has 1 aromatic heterocycles. The minimum Gasteiger partial charge on any atom is -0.381 e. The maximum atomic E-state index is 3.48. The van der Waals surface area contributed by atoms with Gasteiger partial charge in [-0.1, -0.05) is 6.07 Å². The molecule has 82 valence electrons. The van der Waals surface area contributed by atoms with Crippen LogP contribution in [0.5, 0.6) is 0 Å².